The van der Waals surface area contributed by atoms with E-state index in [1.807, 2.05) is 4.90 Å². The highest BCUT2D eigenvalue weighted by Crippen LogP contribution is 2.26. The Labute approximate surface area is 159 Å². The standard InChI is InChI=1S/C20H27N3O4/c24-19(14-15-6-8-18(9-7-15)23(26)27)21-17-10-12-22(13-11-17)20(25)16-4-2-1-3-5-16/h6-9,16-17H,1-5,10-14H2,(H,21,24). The first-order chi connectivity index (χ1) is 13.0. The van der Waals surface area contributed by atoms with Gasteiger partial charge in [-0.2, -0.15) is 0 Å². The summed E-state index contributed by atoms with van der Waals surface area (Å²) in [4.78, 5) is 37.0. The molecule has 2 amide bonds. The number of non-ortho nitro benzene ring substituents is 1. The number of carbonyl (C=O) groups excluding carboxylic acids is 2. The second kappa shape index (κ2) is 8.97. The zero-order chi connectivity index (χ0) is 19.2. The summed E-state index contributed by atoms with van der Waals surface area (Å²) in [5, 5.41) is 13.7. The molecule has 27 heavy (non-hydrogen) atoms. The quantitative estimate of drug-likeness (QED) is 0.634. The van der Waals surface area contributed by atoms with Gasteiger partial charge in [-0.1, -0.05) is 31.4 Å². The van der Waals surface area contributed by atoms with Gasteiger partial charge in [0.1, 0.15) is 0 Å². The van der Waals surface area contributed by atoms with Crippen LogP contribution in [0.3, 0.4) is 0 Å². The number of likely N-dealkylation sites (tertiary alicyclic amines) is 1. The predicted molar refractivity (Wildman–Crippen MR) is 101 cm³/mol. The van der Waals surface area contributed by atoms with Gasteiger partial charge in [0, 0.05) is 37.2 Å². The maximum Gasteiger partial charge on any atom is 0.269 e. The highest BCUT2D eigenvalue weighted by Gasteiger charge is 2.29. The van der Waals surface area contributed by atoms with Gasteiger partial charge in [0.25, 0.3) is 5.69 Å². The van der Waals surface area contributed by atoms with Crippen molar-refractivity contribution in [1.29, 1.82) is 0 Å². The molecule has 0 spiro atoms. The molecule has 1 N–H and O–H groups in total. The van der Waals surface area contributed by atoms with Gasteiger partial charge in [0.15, 0.2) is 0 Å². The Kier molecular flexibility index (Phi) is 6.42. The smallest absolute Gasteiger partial charge is 0.269 e. The van der Waals surface area contributed by atoms with E-state index in [0.717, 1.165) is 44.1 Å². The van der Waals surface area contributed by atoms with Crippen molar-refractivity contribution in [1.82, 2.24) is 10.2 Å². The van der Waals surface area contributed by atoms with Crippen LogP contribution in [0, 0.1) is 16.0 Å². The molecule has 0 radical (unpaired) electrons. The third kappa shape index (κ3) is 5.28. The average Bonchev–Trinajstić information content (AvgIpc) is 2.69. The zero-order valence-corrected chi connectivity index (χ0v) is 15.6. The largest absolute Gasteiger partial charge is 0.353 e. The van der Waals surface area contributed by atoms with E-state index in [-0.39, 0.29) is 30.0 Å². The summed E-state index contributed by atoms with van der Waals surface area (Å²) in [6.07, 6.45) is 7.37. The summed E-state index contributed by atoms with van der Waals surface area (Å²) in [6.45, 7) is 1.41. The first kappa shape index (κ1) is 19.3. The van der Waals surface area contributed by atoms with E-state index >= 15 is 0 Å². The van der Waals surface area contributed by atoms with E-state index in [1.165, 1.54) is 18.6 Å². The molecular weight excluding hydrogens is 346 g/mol. The van der Waals surface area contributed by atoms with E-state index in [9.17, 15) is 19.7 Å². The van der Waals surface area contributed by atoms with Crippen LogP contribution in [0.5, 0.6) is 0 Å². The monoisotopic (exact) mass is 373 g/mol. The molecule has 1 aromatic carbocycles. The molecular formula is C20H27N3O4. The molecule has 1 aromatic rings. The van der Waals surface area contributed by atoms with E-state index in [4.69, 9.17) is 0 Å². The Bertz CT molecular complexity index is 675. The number of piperidine rings is 1. The summed E-state index contributed by atoms with van der Waals surface area (Å²) in [7, 11) is 0. The molecule has 146 valence electrons. The third-order valence-corrected chi connectivity index (χ3v) is 5.64. The molecule has 2 fully saturated rings. The molecule has 0 bridgehead atoms. The van der Waals surface area contributed by atoms with Crippen molar-refractivity contribution in [3.63, 3.8) is 0 Å². The number of benzene rings is 1. The van der Waals surface area contributed by atoms with Crippen LogP contribution in [0.25, 0.3) is 0 Å². The number of carbonyl (C=O) groups is 2. The number of nitro groups is 1. The van der Waals surface area contributed by atoms with Crippen molar-refractivity contribution in [2.45, 2.75) is 57.4 Å². The van der Waals surface area contributed by atoms with Gasteiger partial charge >= 0.3 is 0 Å². The Morgan fingerprint density at radius 3 is 2.26 bits per heavy atom. The minimum Gasteiger partial charge on any atom is -0.353 e. The van der Waals surface area contributed by atoms with Crippen molar-refractivity contribution in [3.05, 3.63) is 39.9 Å². The summed E-state index contributed by atoms with van der Waals surface area (Å²) in [5.41, 5.74) is 0.775. The van der Waals surface area contributed by atoms with Crippen molar-refractivity contribution in [3.8, 4) is 0 Å². The Hall–Kier alpha value is -2.44. The summed E-state index contributed by atoms with van der Waals surface area (Å²) >= 11 is 0. The van der Waals surface area contributed by atoms with Crippen molar-refractivity contribution >= 4 is 17.5 Å². The summed E-state index contributed by atoms with van der Waals surface area (Å²) in [5.74, 6) is 0.415. The highest BCUT2D eigenvalue weighted by molar-refractivity contribution is 5.80. The number of hydrogen-bond donors (Lipinski definition) is 1. The predicted octanol–water partition coefficient (Wildman–Crippen LogP) is 2.82. The van der Waals surface area contributed by atoms with Crippen LogP contribution in [0.15, 0.2) is 24.3 Å². The van der Waals surface area contributed by atoms with Gasteiger partial charge in [-0.25, -0.2) is 0 Å². The van der Waals surface area contributed by atoms with Crippen LogP contribution >= 0.6 is 0 Å². The number of rotatable bonds is 5. The maximum absolute atomic E-state index is 12.6. The van der Waals surface area contributed by atoms with Crippen LogP contribution in [0.1, 0.15) is 50.5 Å². The molecule has 7 heteroatoms. The lowest BCUT2D eigenvalue weighted by Gasteiger charge is -2.35. The minimum atomic E-state index is -0.452. The summed E-state index contributed by atoms with van der Waals surface area (Å²) in [6, 6.07) is 6.15. The first-order valence-corrected chi connectivity index (χ1v) is 9.84. The lowest BCUT2D eigenvalue weighted by Crippen LogP contribution is -2.48. The molecule has 3 rings (SSSR count). The molecule has 0 unspecified atom stereocenters. The van der Waals surface area contributed by atoms with Crippen LogP contribution in [0.4, 0.5) is 5.69 Å². The highest BCUT2D eigenvalue weighted by atomic mass is 16.6. The minimum absolute atomic E-state index is 0.0224. The Balaban J connectivity index is 1.42. The van der Waals surface area contributed by atoms with Gasteiger partial charge in [0.05, 0.1) is 11.3 Å². The average molecular weight is 373 g/mol. The fraction of sp³-hybridized carbons (Fsp3) is 0.600. The van der Waals surface area contributed by atoms with E-state index in [2.05, 4.69) is 5.32 Å². The van der Waals surface area contributed by atoms with E-state index in [0.29, 0.717) is 19.0 Å². The van der Waals surface area contributed by atoms with Gasteiger partial charge < -0.3 is 10.2 Å². The fourth-order valence-corrected chi connectivity index (χ4v) is 4.05. The van der Waals surface area contributed by atoms with Gasteiger partial charge in [-0.3, -0.25) is 19.7 Å². The lowest BCUT2D eigenvalue weighted by atomic mass is 9.87. The Morgan fingerprint density at radius 1 is 1.04 bits per heavy atom. The van der Waals surface area contributed by atoms with Crippen LogP contribution < -0.4 is 5.32 Å². The second-order valence-corrected chi connectivity index (χ2v) is 7.60. The van der Waals surface area contributed by atoms with Crippen LogP contribution in [0.2, 0.25) is 0 Å². The molecule has 1 aliphatic carbocycles. The molecule has 0 aromatic heterocycles. The normalized spacial score (nSPS) is 18.9. The molecule has 2 aliphatic rings. The van der Waals surface area contributed by atoms with E-state index in [1.54, 1.807) is 12.1 Å². The lowest BCUT2D eigenvalue weighted by molar-refractivity contribution is -0.384. The van der Waals surface area contributed by atoms with Crippen molar-refractivity contribution < 1.29 is 14.5 Å². The van der Waals surface area contributed by atoms with Gasteiger partial charge in [-0.05, 0) is 31.2 Å². The number of nitrogens with one attached hydrogen (secondary N) is 1. The molecule has 0 atom stereocenters. The van der Waals surface area contributed by atoms with Gasteiger partial charge in [0.2, 0.25) is 11.8 Å². The molecule has 1 saturated heterocycles. The van der Waals surface area contributed by atoms with Gasteiger partial charge in [-0.15, -0.1) is 0 Å². The van der Waals surface area contributed by atoms with E-state index < -0.39 is 4.92 Å². The fourth-order valence-electron chi connectivity index (χ4n) is 4.05. The van der Waals surface area contributed by atoms with Crippen LogP contribution in [-0.2, 0) is 16.0 Å². The summed E-state index contributed by atoms with van der Waals surface area (Å²) < 4.78 is 0. The molecule has 1 aliphatic heterocycles. The number of hydrogen-bond acceptors (Lipinski definition) is 4. The van der Waals surface area contributed by atoms with Crippen molar-refractivity contribution in [2.24, 2.45) is 5.92 Å². The zero-order valence-electron chi connectivity index (χ0n) is 15.6. The second-order valence-electron chi connectivity index (χ2n) is 7.60. The topological polar surface area (TPSA) is 92.5 Å². The molecule has 1 saturated carbocycles. The Morgan fingerprint density at radius 2 is 1.67 bits per heavy atom. The number of nitrogens with zero attached hydrogens (tertiary/aromatic N) is 2. The number of amides is 2. The third-order valence-electron chi connectivity index (χ3n) is 5.64. The van der Waals surface area contributed by atoms with Crippen molar-refractivity contribution in [2.75, 3.05) is 13.1 Å². The first-order valence-electron chi connectivity index (χ1n) is 9.84. The maximum atomic E-state index is 12.6. The molecule has 7 nitrogen and oxygen atoms in total. The SMILES string of the molecule is O=C(Cc1ccc([N+](=O)[O-])cc1)NC1CCN(C(=O)C2CCCCC2)CC1. The van der Waals surface area contributed by atoms with Crippen LogP contribution in [-0.4, -0.2) is 40.8 Å². The number of nitro benzene ring substituents is 1. The molecule has 1 heterocycles.